The van der Waals surface area contributed by atoms with E-state index in [1.54, 1.807) is 47.8 Å². The molecule has 1 aliphatic rings. The lowest BCUT2D eigenvalue weighted by Crippen LogP contribution is -2.43. The number of carbonyl (C=O) groups is 3. The summed E-state index contributed by atoms with van der Waals surface area (Å²) in [7, 11) is -2.01. The van der Waals surface area contributed by atoms with Crippen LogP contribution in [0.4, 0.5) is 5.69 Å². The summed E-state index contributed by atoms with van der Waals surface area (Å²) < 4.78 is 21.5. The van der Waals surface area contributed by atoms with Crippen LogP contribution >= 0.6 is 16.4 Å². The van der Waals surface area contributed by atoms with E-state index in [1.807, 2.05) is 37.3 Å². The van der Waals surface area contributed by atoms with Crippen molar-refractivity contribution in [3.8, 4) is 0 Å². The molecule has 1 heterocycles. The number of hydrogen-bond acceptors (Lipinski definition) is 7. The van der Waals surface area contributed by atoms with Crippen LogP contribution in [-0.4, -0.2) is 54.6 Å². The third kappa shape index (κ3) is 8.92. The lowest BCUT2D eigenvalue weighted by atomic mass is 9.94. The van der Waals surface area contributed by atoms with Gasteiger partial charge in [-0.25, -0.2) is 5.26 Å². The average molecular weight is 575 g/mol. The molecule has 0 aliphatic carbocycles. The van der Waals surface area contributed by atoms with Gasteiger partial charge < -0.3 is 9.80 Å². The minimum Gasteiger partial charge on any atom is -0.333 e. The van der Waals surface area contributed by atoms with E-state index < -0.39 is 13.5 Å². The van der Waals surface area contributed by atoms with Crippen molar-refractivity contribution in [2.24, 2.45) is 5.92 Å². The fourth-order valence-electron chi connectivity index (χ4n) is 4.54. The SMILES string of the molecule is CPOP(=O)(Cc1ccc(/C(C)=C/C(=O)CC2CCCCN(CC(=O)N(C)c3ccccc3)C2=O)cc1)OO. The normalized spacial score (nSPS) is 18.2. The molecular formula is C28H36N2O7P2. The molecule has 0 saturated carbocycles. The number of rotatable bonds is 12. The number of hydrogen-bond donors (Lipinski definition) is 1. The zero-order chi connectivity index (χ0) is 28.4. The van der Waals surface area contributed by atoms with Gasteiger partial charge in [-0.05, 0) is 61.3 Å². The van der Waals surface area contributed by atoms with E-state index in [-0.39, 0.29) is 45.5 Å². The Bertz CT molecular complexity index is 1220. The molecule has 1 N–H and O–H groups in total. The van der Waals surface area contributed by atoms with Gasteiger partial charge >= 0.3 is 7.60 Å². The number of benzene rings is 2. The second-order valence-corrected chi connectivity index (χ2v) is 12.4. The molecule has 3 atom stereocenters. The number of ketones is 1. The Labute approximate surface area is 231 Å². The molecule has 0 bridgehead atoms. The number of likely N-dealkylation sites (tertiary alicyclic amines) is 1. The minimum atomic E-state index is -3.61. The predicted octanol–water partition coefficient (Wildman–Crippen LogP) is 5.76. The number of likely N-dealkylation sites (N-methyl/N-ethyl adjacent to an activating group) is 1. The maximum atomic E-state index is 13.3. The minimum absolute atomic E-state index is 0.0197. The molecule has 0 radical (unpaired) electrons. The second-order valence-electron chi connectivity index (χ2n) is 9.58. The summed E-state index contributed by atoms with van der Waals surface area (Å²) in [5.41, 5.74) is 2.95. The number of anilines is 1. The van der Waals surface area contributed by atoms with Crippen molar-refractivity contribution in [3.05, 3.63) is 71.8 Å². The van der Waals surface area contributed by atoms with Crippen LogP contribution in [0, 0.1) is 5.92 Å². The number of para-hydroxylation sites is 1. The van der Waals surface area contributed by atoms with Crippen molar-refractivity contribution in [2.45, 2.75) is 38.8 Å². The van der Waals surface area contributed by atoms with E-state index in [2.05, 4.69) is 4.67 Å². The van der Waals surface area contributed by atoms with E-state index in [4.69, 9.17) is 9.57 Å². The van der Waals surface area contributed by atoms with Gasteiger partial charge in [0.05, 0.1) is 6.16 Å². The highest BCUT2D eigenvalue weighted by molar-refractivity contribution is 7.59. The first kappa shape index (κ1) is 30.9. The summed E-state index contributed by atoms with van der Waals surface area (Å²) >= 11 is 0. The molecule has 3 rings (SSSR count). The van der Waals surface area contributed by atoms with E-state index in [1.165, 1.54) is 6.08 Å². The third-order valence-electron chi connectivity index (χ3n) is 6.70. The van der Waals surface area contributed by atoms with E-state index in [0.717, 1.165) is 29.7 Å². The van der Waals surface area contributed by atoms with Crippen molar-refractivity contribution in [2.75, 3.05) is 31.7 Å². The average Bonchev–Trinajstić information content (AvgIpc) is 3.10. The topological polar surface area (TPSA) is 113 Å². The number of allylic oxidation sites excluding steroid dienone is 2. The summed E-state index contributed by atoms with van der Waals surface area (Å²) in [6.07, 6.45) is 3.76. The van der Waals surface area contributed by atoms with Crippen molar-refractivity contribution < 1.29 is 33.2 Å². The van der Waals surface area contributed by atoms with Gasteiger partial charge in [0.25, 0.3) is 0 Å². The van der Waals surface area contributed by atoms with Crippen molar-refractivity contribution >= 4 is 45.3 Å². The van der Waals surface area contributed by atoms with Crippen molar-refractivity contribution in [1.82, 2.24) is 4.90 Å². The molecular weight excluding hydrogens is 538 g/mol. The van der Waals surface area contributed by atoms with Crippen LogP contribution in [0.1, 0.15) is 43.7 Å². The Balaban J connectivity index is 1.61. The maximum Gasteiger partial charge on any atom is 0.364 e. The number of nitrogens with zero attached hydrogens (tertiary/aromatic N) is 2. The van der Waals surface area contributed by atoms with E-state index in [9.17, 15) is 18.9 Å². The smallest absolute Gasteiger partial charge is 0.333 e. The lowest BCUT2D eigenvalue weighted by Gasteiger charge is -2.26. The summed E-state index contributed by atoms with van der Waals surface area (Å²) in [5, 5.41) is 8.95. The molecule has 2 aromatic rings. The highest BCUT2D eigenvalue weighted by Gasteiger charge is 2.30. The third-order valence-corrected chi connectivity index (χ3v) is 9.54. The first-order valence-electron chi connectivity index (χ1n) is 12.8. The van der Waals surface area contributed by atoms with Crippen molar-refractivity contribution in [3.63, 3.8) is 0 Å². The molecule has 1 fully saturated rings. The molecule has 3 unspecified atom stereocenters. The zero-order valence-corrected chi connectivity index (χ0v) is 24.4. The Morgan fingerprint density at radius 1 is 1.15 bits per heavy atom. The first-order valence-corrected chi connectivity index (χ1v) is 16.0. The van der Waals surface area contributed by atoms with Gasteiger partial charge in [0.15, 0.2) is 5.78 Å². The Kier molecular flexibility index (Phi) is 11.6. The Hall–Kier alpha value is -2.67. The van der Waals surface area contributed by atoms with E-state index in [0.29, 0.717) is 18.5 Å². The largest absolute Gasteiger partial charge is 0.364 e. The highest BCUT2D eigenvalue weighted by atomic mass is 31.2. The molecule has 2 aromatic carbocycles. The van der Waals surface area contributed by atoms with Crippen LogP contribution in [0.5, 0.6) is 0 Å². The van der Waals surface area contributed by atoms with Crippen LogP contribution < -0.4 is 4.90 Å². The molecule has 1 saturated heterocycles. The molecule has 2 amide bonds. The Morgan fingerprint density at radius 2 is 1.85 bits per heavy atom. The number of carbonyl (C=O) groups excluding carboxylic acids is 3. The van der Waals surface area contributed by atoms with Crippen LogP contribution in [0.3, 0.4) is 0 Å². The van der Waals surface area contributed by atoms with Gasteiger partial charge in [-0.15, -0.1) is 0 Å². The predicted molar refractivity (Wildman–Crippen MR) is 154 cm³/mol. The molecule has 210 valence electrons. The zero-order valence-electron chi connectivity index (χ0n) is 22.5. The fourth-order valence-corrected chi connectivity index (χ4v) is 6.76. The van der Waals surface area contributed by atoms with Crippen LogP contribution in [0.15, 0.2) is 60.7 Å². The van der Waals surface area contributed by atoms with Gasteiger partial charge in [-0.1, -0.05) is 48.9 Å². The van der Waals surface area contributed by atoms with Crippen LogP contribution in [0.25, 0.3) is 5.57 Å². The molecule has 11 heteroatoms. The van der Waals surface area contributed by atoms with Gasteiger partial charge in [0.1, 0.15) is 6.54 Å². The van der Waals surface area contributed by atoms with E-state index >= 15 is 0 Å². The summed E-state index contributed by atoms with van der Waals surface area (Å²) in [6.45, 7) is 3.98. The standard InChI is InChI=1S/C28H36N2O7P2/c1-21(23-14-12-22(13-15-23)20-39(35,36-34)37-38-3)17-26(31)18-24-9-7-8-16-30(28(24)33)19-27(32)29(2)25-10-5-4-6-11-25/h4-6,10-15,17,24,34,38H,7-9,16,18-20H2,1-3H3/b21-17+. The van der Waals surface area contributed by atoms with Gasteiger partial charge in [-0.2, -0.15) is 4.67 Å². The summed E-state index contributed by atoms with van der Waals surface area (Å²) in [5.74, 6) is -0.950. The Morgan fingerprint density at radius 3 is 2.49 bits per heavy atom. The van der Waals surface area contributed by atoms with Crippen LogP contribution in [-0.2, 0) is 34.1 Å². The monoisotopic (exact) mass is 574 g/mol. The maximum absolute atomic E-state index is 13.3. The first-order chi connectivity index (χ1) is 18.7. The van der Waals surface area contributed by atoms with Gasteiger partial charge in [-0.3, -0.25) is 23.3 Å². The molecule has 0 spiro atoms. The fraction of sp³-hybridized carbons (Fsp3) is 0.393. The molecule has 0 aromatic heterocycles. The van der Waals surface area contributed by atoms with Crippen LogP contribution in [0.2, 0.25) is 0 Å². The quantitative estimate of drug-likeness (QED) is 0.148. The van der Waals surface area contributed by atoms with Gasteiger partial charge in [0.2, 0.25) is 11.8 Å². The summed E-state index contributed by atoms with van der Waals surface area (Å²) in [6, 6.07) is 16.3. The molecule has 9 nitrogen and oxygen atoms in total. The molecule has 39 heavy (non-hydrogen) atoms. The second kappa shape index (κ2) is 14.6. The van der Waals surface area contributed by atoms with Gasteiger partial charge in [0, 0.05) is 40.4 Å². The highest BCUT2D eigenvalue weighted by Crippen LogP contribution is 2.54. The summed E-state index contributed by atoms with van der Waals surface area (Å²) in [4.78, 5) is 42.2. The van der Waals surface area contributed by atoms with Crippen molar-refractivity contribution in [1.29, 1.82) is 0 Å². The number of amides is 2. The lowest BCUT2D eigenvalue weighted by molar-refractivity contribution is -0.144. The molecule has 1 aliphatic heterocycles.